The first-order valence-corrected chi connectivity index (χ1v) is 9.31. The number of methoxy groups -OCH3 is 1. The average molecular weight is 406 g/mol. The molecule has 2 aromatic carbocycles. The Balaban J connectivity index is 2.04. The molecule has 0 aromatic heterocycles. The van der Waals surface area contributed by atoms with Gasteiger partial charge < -0.3 is 19.5 Å². The summed E-state index contributed by atoms with van der Waals surface area (Å²) >= 11 is 6.16. The summed E-state index contributed by atoms with van der Waals surface area (Å²) in [5, 5.41) is 3.00. The Bertz CT molecular complexity index is 851. The monoisotopic (exact) mass is 405 g/mol. The molecule has 0 fully saturated rings. The van der Waals surface area contributed by atoms with Gasteiger partial charge >= 0.3 is 5.97 Å². The largest absolute Gasteiger partial charge is 0.493 e. The van der Waals surface area contributed by atoms with Crippen LogP contribution in [-0.4, -0.2) is 32.2 Å². The van der Waals surface area contributed by atoms with Crippen molar-refractivity contribution in [1.29, 1.82) is 0 Å². The number of ether oxygens (including phenoxy) is 3. The number of benzene rings is 2. The van der Waals surface area contributed by atoms with Crippen LogP contribution in [0, 0.1) is 0 Å². The number of carbonyl (C=O) groups is 2. The maximum Gasteiger partial charge on any atom is 0.338 e. The smallest absolute Gasteiger partial charge is 0.338 e. The van der Waals surface area contributed by atoms with E-state index in [1.54, 1.807) is 0 Å². The number of amides is 1. The van der Waals surface area contributed by atoms with Gasteiger partial charge in [0.25, 0.3) is 5.91 Å². The molecule has 2 rings (SSSR count). The molecule has 0 spiro atoms. The minimum Gasteiger partial charge on any atom is -0.493 e. The second kappa shape index (κ2) is 9.99. The van der Waals surface area contributed by atoms with E-state index in [1.807, 2.05) is 45.0 Å². The Labute approximate surface area is 169 Å². The van der Waals surface area contributed by atoms with Crippen LogP contribution in [0.4, 0.5) is 5.69 Å². The minimum atomic E-state index is -0.685. The summed E-state index contributed by atoms with van der Waals surface area (Å²) in [7, 11) is 1.45. The van der Waals surface area contributed by atoms with Crippen LogP contribution in [0.25, 0.3) is 0 Å². The molecule has 1 amide bonds. The molecule has 0 bridgehead atoms. The third-order valence-corrected chi connectivity index (χ3v) is 4.23. The molecule has 0 aliphatic carbocycles. The van der Waals surface area contributed by atoms with Gasteiger partial charge in [-0.3, -0.25) is 4.79 Å². The van der Waals surface area contributed by atoms with Gasteiger partial charge in [-0.15, -0.1) is 0 Å². The average Bonchev–Trinajstić information content (AvgIpc) is 2.67. The molecule has 7 heteroatoms. The molecule has 0 saturated heterocycles. The van der Waals surface area contributed by atoms with Crippen LogP contribution in [0.2, 0.25) is 5.02 Å². The quantitative estimate of drug-likeness (QED) is 0.646. The van der Waals surface area contributed by atoms with Crippen molar-refractivity contribution < 1.29 is 23.8 Å². The van der Waals surface area contributed by atoms with E-state index in [0.717, 1.165) is 5.56 Å². The lowest BCUT2D eigenvalue weighted by Crippen LogP contribution is -2.21. The number of esters is 1. The van der Waals surface area contributed by atoms with Crippen LogP contribution in [0.15, 0.2) is 36.4 Å². The van der Waals surface area contributed by atoms with Crippen molar-refractivity contribution in [2.75, 3.05) is 25.6 Å². The number of halogens is 1. The zero-order valence-corrected chi connectivity index (χ0v) is 17.1. The summed E-state index contributed by atoms with van der Waals surface area (Å²) < 4.78 is 15.7. The van der Waals surface area contributed by atoms with Gasteiger partial charge in [-0.2, -0.15) is 0 Å². The fraction of sp³-hybridized carbons (Fsp3) is 0.333. The van der Waals surface area contributed by atoms with Gasteiger partial charge in [-0.25, -0.2) is 4.79 Å². The Kier molecular flexibility index (Phi) is 7.70. The van der Waals surface area contributed by atoms with Gasteiger partial charge in [0.15, 0.2) is 18.1 Å². The van der Waals surface area contributed by atoms with Gasteiger partial charge in [0.1, 0.15) is 0 Å². The zero-order chi connectivity index (χ0) is 20.7. The van der Waals surface area contributed by atoms with Crippen molar-refractivity contribution in [2.24, 2.45) is 0 Å². The second-order valence-electron chi connectivity index (χ2n) is 6.29. The van der Waals surface area contributed by atoms with Gasteiger partial charge in [-0.1, -0.05) is 43.6 Å². The first kappa shape index (κ1) is 21.6. The van der Waals surface area contributed by atoms with Crippen LogP contribution < -0.4 is 14.8 Å². The number of anilines is 1. The molecule has 2 aromatic rings. The minimum absolute atomic E-state index is 0.167. The molecule has 0 radical (unpaired) electrons. The standard InChI is InChI=1S/C21H24ClNO5/c1-5-27-20-16(22)10-14(11-18(20)26-4)21(25)28-12-19(24)23-17-9-7-6-8-15(17)13(2)3/h6-11,13H,5,12H2,1-4H3,(H,23,24). The maximum absolute atomic E-state index is 12.3. The fourth-order valence-electron chi connectivity index (χ4n) is 2.64. The van der Waals surface area contributed by atoms with Gasteiger partial charge in [0.05, 0.1) is 24.3 Å². The molecule has 0 unspecified atom stereocenters. The Hall–Kier alpha value is -2.73. The predicted octanol–water partition coefficient (Wildman–Crippen LogP) is 4.67. The number of hydrogen-bond donors (Lipinski definition) is 1. The number of rotatable bonds is 8. The van der Waals surface area contributed by atoms with Crippen molar-refractivity contribution in [2.45, 2.75) is 26.7 Å². The van der Waals surface area contributed by atoms with E-state index in [1.165, 1.54) is 19.2 Å². The van der Waals surface area contributed by atoms with Crippen molar-refractivity contribution in [3.63, 3.8) is 0 Å². The van der Waals surface area contributed by atoms with Gasteiger partial charge in [-0.05, 0) is 36.6 Å². The van der Waals surface area contributed by atoms with Crippen molar-refractivity contribution in [3.05, 3.63) is 52.5 Å². The lowest BCUT2D eigenvalue weighted by atomic mass is 10.0. The van der Waals surface area contributed by atoms with E-state index < -0.39 is 18.5 Å². The molecule has 28 heavy (non-hydrogen) atoms. The highest BCUT2D eigenvalue weighted by atomic mass is 35.5. The van der Waals surface area contributed by atoms with E-state index in [4.69, 9.17) is 25.8 Å². The Morgan fingerprint density at radius 1 is 1.18 bits per heavy atom. The summed E-state index contributed by atoms with van der Waals surface area (Å²) in [6, 6.07) is 10.4. The van der Waals surface area contributed by atoms with Crippen LogP contribution in [0.5, 0.6) is 11.5 Å². The number of carbonyl (C=O) groups excluding carboxylic acids is 2. The Morgan fingerprint density at radius 2 is 1.89 bits per heavy atom. The molecular weight excluding hydrogens is 382 g/mol. The first-order valence-electron chi connectivity index (χ1n) is 8.93. The number of para-hydroxylation sites is 1. The van der Waals surface area contributed by atoms with Crippen LogP contribution in [0.1, 0.15) is 42.6 Å². The molecule has 1 N–H and O–H groups in total. The molecule has 0 atom stereocenters. The molecule has 0 saturated carbocycles. The Morgan fingerprint density at radius 3 is 2.54 bits per heavy atom. The second-order valence-corrected chi connectivity index (χ2v) is 6.70. The van der Waals surface area contributed by atoms with E-state index in [0.29, 0.717) is 23.8 Å². The van der Waals surface area contributed by atoms with E-state index in [-0.39, 0.29) is 16.5 Å². The van der Waals surface area contributed by atoms with Gasteiger partial charge in [0, 0.05) is 5.69 Å². The summed E-state index contributed by atoms with van der Waals surface area (Å²) in [5.74, 6) is -0.193. The predicted molar refractivity (Wildman–Crippen MR) is 109 cm³/mol. The SMILES string of the molecule is CCOc1c(Cl)cc(C(=O)OCC(=O)Nc2ccccc2C(C)C)cc1OC. The number of nitrogens with one attached hydrogen (secondary N) is 1. The van der Waals surface area contributed by atoms with Crippen molar-refractivity contribution in [1.82, 2.24) is 0 Å². The van der Waals surface area contributed by atoms with E-state index in [2.05, 4.69) is 5.32 Å². The van der Waals surface area contributed by atoms with Crippen molar-refractivity contribution in [3.8, 4) is 11.5 Å². The maximum atomic E-state index is 12.3. The van der Waals surface area contributed by atoms with Crippen LogP contribution in [-0.2, 0) is 9.53 Å². The molecule has 0 heterocycles. The van der Waals surface area contributed by atoms with E-state index >= 15 is 0 Å². The third kappa shape index (κ3) is 5.39. The molecular formula is C21H24ClNO5. The molecule has 6 nitrogen and oxygen atoms in total. The van der Waals surface area contributed by atoms with Crippen molar-refractivity contribution >= 4 is 29.2 Å². The summed E-state index contributed by atoms with van der Waals surface area (Å²) in [4.78, 5) is 24.5. The lowest BCUT2D eigenvalue weighted by Gasteiger charge is -2.14. The normalized spacial score (nSPS) is 10.5. The zero-order valence-electron chi connectivity index (χ0n) is 16.4. The molecule has 0 aliphatic heterocycles. The highest BCUT2D eigenvalue weighted by molar-refractivity contribution is 6.32. The highest BCUT2D eigenvalue weighted by Crippen LogP contribution is 2.36. The third-order valence-electron chi connectivity index (χ3n) is 3.95. The lowest BCUT2D eigenvalue weighted by molar-refractivity contribution is -0.119. The van der Waals surface area contributed by atoms with Crippen LogP contribution in [0.3, 0.4) is 0 Å². The molecule has 150 valence electrons. The highest BCUT2D eigenvalue weighted by Gasteiger charge is 2.18. The van der Waals surface area contributed by atoms with Gasteiger partial charge in [0.2, 0.25) is 0 Å². The number of hydrogen-bond acceptors (Lipinski definition) is 5. The van der Waals surface area contributed by atoms with E-state index in [9.17, 15) is 9.59 Å². The summed E-state index contributed by atoms with van der Waals surface area (Å²) in [6.45, 7) is 5.87. The first-order chi connectivity index (χ1) is 13.4. The summed E-state index contributed by atoms with van der Waals surface area (Å²) in [5.41, 5.74) is 1.87. The summed E-state index contributed by atoms with van der Waals surface area (Å²) in [6.07, 6.45) is 0. The molecule has 0 aliphatic rings. The fourth-order valence-corrected chi connectivity index (χ4v) is 2.90. The van der Waals surface area contributed by atoms with Crippen LogP contribution >= 0.6 is 11.6 Å². The topological polar surface area (TPSA) is 73.9 Å².